The Hall–Kier alpha value is -4.00. The van der Waals surface area contributed by atoms with Gasteiger partial charge in [-0.2, -0.15) is 4.98 Å². The molecule has 7 heteroatoms. The van der Waals surface area contributed by atoms with Crippen molar-refractivity contribution in [3.8, 4) is 17.4 Å². The Bertz CT molecular complexity index is 1420. The van der Waals surface area contributed by atoms with Crippen molar-refractivity contribution in [3.05, 3.63) is 83.2 Å². The summed E-state index contributed by atoms with van der Waals surface area (Å²) in [5, 5.41) is 0.473. The molecule has 2 aromatic carbocycles. The summed E-state index contributed by atoms with van der Waals surface area (Å²) in [5.41, 5.74) is 4.46. The van der Waals surface area contributed by atoms with Gasteiger partial charge in [-0.3, -0.25) is 19.3 Å². The Morgan fingerprint density at radius 3 is 2.67 bits per heavy atom. The zero-order valence-corrected chi connectivity index (χ0v) is 16.5. The Morgan fingerprint density at radius 2 is 1.87 bits per heavy atom. The first-order chi connectivity index (χ1) is 14.6. The van der Waals surface area contributed by atoms with Crippen molar-refractivity contribution < 1.29 is 4.74 Å². The van der Waals surface area contributed by atoms with E-state index in [2.05, 4.69) is 52.0 Å². The first-order valence-corrected chi connectivity index (χ1v) is 9.68. The van der Waals surface area contributed by atoms with E-state index >= 15 is 0 Å². The lowest BCUT2D eigenvalue weighted by molar-refractivity contribution is 0.442. The van der Waals surface area contributed by atoms with Gasteiger partial charge >= 0.3 is 6.01 Å². The molecular formula is C23H19N5O2. The largest absolute Gasteiger partial charge is 0.426 e. The number of benzene rings is 2. The zero-order chi connectivity index (χ0) is 20.7. The number of hydrogen-bond acceptors (Lipinski definition) is 5. The third kappa shape index (κ3) is 3.20. The van der Waals surface area contributed by atoms with E-state index in [9.17, 15) is 4.79 Å². The number of nitrogens with zero attached hydrogens (tertiary/aromatic N) is 4. The maximum Gasteiger partial charge on any atom is 0.302 e. The van der Waals surface area contributed by atoms with Crippen molar-refractivity contribution in [2.24, 2.45) is 0 Å². The molecule has 0 radical (unpaired) electrons. The van der Waals surface area contributed by atoms with Crippen molar-refractivity contribution in [2.75, 3.05) is 0 Å². The lowest BCUT2D eigenvalue weighted by Gasteiger charge is -2.09. The van der Waals surface area contributed by atoms with Crippen LogP contribution in [0.2, 0.25) is 0 Å². The number of pyridine rings is 1. The summed E-state index contributed by atoms with van der Waals surface area (Å²) in [4.78, 5) is 27.7. The van der Waals surface area contributed by atoms with Gasteiger partial charge in [0.05, 0.1) is 28.1 Å². The molecule has 0 unspecified atom stereocenters. The van der Waals surface area contributed by atoms with Gasteiger partial charge in [-0.1, -0.05) is 19.9 Å². The predicted molar refractivity (Wildman–Crippen MR) is 115 cm³/mol. The third-order valence-electron chi connectivity index (χ3n) is 5.05. The van der Waals surface area contributed by atoms with E-state index in [1.807, 2.05) is 35.2 Å². The fourth-order valence-corrected chi connectivity index (χ4v) is 3.40. The summed E-state index contributed by atoms with van der Waals surface area (Å²) in [6.07, 6.45) is 4.91. The van der Waals surface area contributed by atoms with Gasteiger partial charge in [0.25, 0.3) is 5.56 Å². The quantitative estimate of drug-likeness (QED) is 0.480. The van der Waals surface area contributed by atoms with Gasteiger partial charge in [-0.25, -0.2) is 4.98 Å². The number of nitrogens with one attached hydrogen (secondary N) is 1. The average Bonchev–Trinajstić information content (AvgIpc) is 3.17. The van der Waals surface area contributed by atoms with Gasteiger partial charge in [0.1, 0.15) is 12.1 Å². The van der Waals surface area contributed by atoms with Crippen LogP contribution in [0.1, 0.15) is 25.3 Å². The number of rotatable bonds is 4. The van der Waals surface area contributed by atoms with Crippen LogP contribution in [0, 0.1) is 0 Å². The van der Waals surface area contributed by atoms with Crippen LogP contribution in [0.15, 0.2) is 72.0 Å². The molecule has 0 bridgehead atoms. The molecule has 5 aromatic rings. The molecule has 0 atom stereocenters. The van der Waals surface area contributed by atoms with Crippen LogP contribution in [0.4, 0.5) is 0 Å². The summed E-state index contributed by atoms with van der Waals surface area (Å²) >= 11 is 0. The molecule has 1 N–H and O–H groups in total. The summed E-state index contributed by atoms with van der Waals surface area (Å²) in [7, 11) is 0. The van der Waals surface area contributed by atoms with E-state index in [4.69, 9.17) is 4.74 Å². The van der Waals surface area contributed by atoms with Crippen LogP contribution in [0.3, 0.4) is 0 Å². The molecule has 0 fully saturated rings. The maximum absolute atomic E-state index is 12.2. The molecule has 148 valence electrons. The van der Waals surface area contributed by atoms with Crippen LogP contribution < -0.4 is 10.3 Å². The van der Waals surface area contributed by atoms with Gasteiger partial charge in [-0.05, 0) is 53.9 Å². The number of imidazole rings is 1. The SMILES string of the molecule is CC(C)c1ccc2c(c1)ncn2-c1ccc(Oc2nc3cnccc3c(=O)[nH]2)cc1. The first kappa shape index (κ1) is 18.1. The van der Waals surface area contributed by atoms with Gasteiger partial charge in [-0.15, -0.1) is 0 Å². The van der Waals surface area contributed by atoms with E-state index in [1.165, 1.54) is 11.8 Å². The predicted octanol–water partition coefficient (Wildman–Crippen LogP) is 4.57. The monoisotopic (exact) mass is 397 g/mol. The molecular weight excluding hydrogens is 378 g/mol. The van der Waals surface area contributed by atoms with Crippen molar-refractivity contribution in [3.63, 3.8) is 0 Å². The fourth-order valence-electron chi connectivity index (χ4n) is 3.40. The molecule has 0 aliphatic heterocycles. The Morgan fingerprint density at radius 1 is 1.03 bits per heavy atom. The molecule has 0 saturated heterocycles. The topological polar surface area (TPSA) is 85.7 Å². The van der Waals surface area contributed by atoms with Crippen molar-refractivity contribution in [1.82, 2.24) is 24.5 Å². The van der Waals surface area contributed by atoms with Crippen molar-refractivity contribution in [1.29, 1.82) is 0 Å². The lowest BCUT2D eigenvalue weighted by atomic mass is 10.0. The smallest absolute Gasteiger partial charge is 0.302 e. The van der Waals surface area contributed by atoms with E-state index in [1.54, 1.807) is 12.3 Å². The number of hydrogen-bond donors (Lipinski definition) is 1. The van der Waals surface area contributed by atoms with Gasteiger partial charge in [0, 0.05) is 11.9 Å². The second-order valence-corrected chi connectivity index (χ2v) is 7.38. The zero-order valence-electron chi connectivity index (χ0n) is 16.5. The fraction of sp³-hybridized carbons (Fsp3) is 0.130. The highest BCUT2D eigenvalue weighted by Crippen LogP contribution is 2.25. The number of aromatic nitrogens is 5. The molecule has 7 nitrogen and oxygen atoms in total. The van der Waals surface area contributed by atoms with Crippen LogP contribution >= 0.6 is 0 Å². The highest BCUT2D eigenvalue weighted by Gasteiger charge is 2.09. The van der Waals surface area contributed by atoms with Gasteiger partial charge in [0.2, 0.25) is 0 Å². The number of ether oxygens (including phenoxy) is 1. The minimum Gasteiger partial charge on any atom is -0.426 e. The van der Waals surface area contributed by atoms with Crippen LogP contribution in [-0.4, -0.2) is 24.5 Å². The third-order valence-corrected chi connectivity index (χ3v) is 5.05. The van der Waals surface area contributed by atoms with E-state index in [0.717, 1.165) is 16.7 Å². The minimum absolute atomic E-state index is 0.127. The number of aromatic amines is 1. The van der Waals surface area contributed by atoms with E-state index < -0.39 is 0 Å². The van der Waals surface area contributed by atoms with Crippen molar-refractivity contribution >= 4 is 21.9 Å². The Labute approximate surface area is 172 Å². The highest BCUT2D eigenvalue weighted by molar-refractivity contribution is 5.78. The van der Waals surface area contributed by atoms with Crippen molar-refractivity contribution in [2.45, 2.75) is 19.8 Å². The maximum atomic E-state index is 12.2. The van der Waals surface area contributed by atoms with Crippen LogP contribution in [-0.2, 0) is 0 Å². The summed E-state index contributed by atoms with van der Waals surface area (Å²) in [5.74, 6) is 1.03. The number of fused-ring (bicyclic) bond motifs is 2. The molecule has 0 aliphatic carbocycles. The Kier molecular flexibility index (Phi) is 4.28. The standard InChI is InChI=1S/C23H19N5O2/c1-14(2)15-3-8-21-19(11-15)25-13-28(21)16-4-6-17(7-5-16)30-23-26-20-12-24-10-9-18(20)22(29)27-23/h3-14H,1-2H3,(H,26,27,29). The van der Waals surface area contributed by atoms with Crippen LogP contribution in [0.5, 0.6) is 11.8 Å². The summed E-state index contributed by atoms with van der Waals surface area (Å²) in [6, 6.07) is 15.7. The highest BCUT2D eigenvalue weighted by atomic mass is 16.5. The summed E-state index contributed by atoms with van der Waals surface area (Å²) in [6.45, 7) is 4.34. The van der Waals surface area contributed by atoms with E-state index in [-0.39, 0.29) is 11.6 Å². The minimum atomic E-state index is -0.264. The van der Waals surface area contributed by atoms with Gasteiger partial charge < -0.3 is 4.74 Å². The Balaban J connectivity index is 1.44. The molecule has 30 heavy (non-hydrogen) atoms. The average molecular weight is 397 g/mol. The molecule has 0 spiro atoms. The lowest BCUT2D eigenvalue weighted by Crippen LogP contribution is -2.09. The molecule has 0 saturated carbocycles. The summed E-state index contributed by atoms with van der Waals surface area (Å²) < 4.78 is 7.78. The molecule has 0 aliphatic rings. The second kappa shape index (κ2) is 7.11. The second-order valence-electron chi connectivity index (χ2n) is 7.38. The van der Waals surface area contributed by atoms with E-state index in [0.29, 0.717) is 22.6 Å². The van der Waals surface area contributed by atoms with Gasteiger partial charge in [0.15, 0.2) is 0 Å². The molecule has 0 amide bonds. The number of H-pyrrole nitrogens is 1. The van der Waals surface area contributed by atoms with Crippen LogP contribution in [0.25, 0.3) is 27.6 Å². The molecule has 3 aromatic heterocycles. The normalized spacial score (nSPS) is 11.4. The molecule has 3 heterocycles. The first-order valence-electron chi connectivity index (χ1n) is 9.68. The molecule has 5 rings (SSSR count).